The van der Waals surface area contributed by atoms with Crippen LogP contribution in [0.25, 0.3) is 0 Å². The van der Waals surface area contributed by atoms with E-state index in [4.69, 9.17) is 4.74 Å². The standard InChI is InChI=1S/C17H29N3O4/c1-2-10-24-16(22)11-14-17(23)18-8-9-20(14)12-15(21)19-13-6-4-3-5-7-13/h13-14H,2-12H2,1H3,(H,18,23)(H,19,21). The van der Waals surface area contributed by atoms with Gasteiger partial charge in [-0.3, -0.25) is 19.3 Å². The van der Waals surface area contributed by atoms with Crippen LogP contribution in [0.1, 0.15) is 51.9 Å². The van der Waals surface area contributed by atoms with Crippen LogP contribution < -0.4 is 10.6 Å². The molecule has 1 saturated heterocycles. The predicted molar refractivity (Wildman–Crippen MR) is 89.3 cm³/mol. The maximum Gasteiger partial charge on any atom is 0.307 e. The van der Waals surface area contributed by atoms with Gasteiger partial charge in [-0.15, -0.1) is 0 Å². The van der Waals surface area contributed by atoms with Gasteiger partial charge >= 0.3 is 5.97 Å². The molecule has 136 valence electrons. The predicted octanol–water partition coefficient (Wildman–Crippen LogP) is 0.579. The Morgan fingerprint density at radius 3 is 2.75 bits per heavy atom. The number of hydrogen-bond donors (Lipinski definition) is 2. The lowest BCUT2D eigenvalue weighted by Gasteiger charge is -2.34. The number of nitrogens with zero attached hydrogens (tertiary/aromatic N) is 1. The molecule has 7 heteroatoms. The highest BCUT2D eigenvalue weighted by molar-refractivity contribution is 5.88. The van der Waals surface area contributed by atoms with E-state index in [1.54, 1.807) is 4.90 Å². The molecule has 2 amide bonds. The molecule has 7 nitrogen and oxygen atoms in total. The molecule has 0 aromatic rings. The zero-order chi connectivity index (χ0) is 17.4. The van der Waals surface area contributed by atoms with Gasteiger partial charge < -0.3 is 15.4 Å². The van der Waals surface area contributed by atoms with E-state index in [-0.39, 0.29) is 30.8 Å². The summed E-state index contributed by atoms with van der Waals surface area (Å²) in [5.74, 6) is -0.666. The summed E-state index contributed by atoms with van der Waals surface area (Å²) in [6, 6.07) is -0.377. The SMILES string of the molecule is CCCOC(=O)CC1C(=O)NCCN1CC(=O)NC1CCCCC1. The topological polar surface area (TPSA) is 87.7 Å². The molecule has 0 spiro atoms. The fraction of sp³-hybridized carbons (Fsp3) is 0.824. The van der Waals surface area contributed by atoms with E-state index in [9.17, 15) is 14.4 Å². The lowest BCUT2D eigenvalue weighted by Crippen LogP contribution is -2.58. The maximum atomic E-state index is 12.3. The fourth-order valence-corrected chi connectivity index (χ4v) is 3.31. The third-order valence-electron chi connectivity index (χ3n) is 4.59. The molecular weight excluding hydrogens is 310 g/mol. The summed E-state index contributed by atoms with van der Waals surface area (Å²) in [7, 11) is 0. The third kappa shape index (κ3) is 5.78. The first-order valence-corrected chi connectivity index (χ1v) is 9.07. The van der Waals surface area contributed by atoms with Crippen molar-refractivity contribution in [3.63, 3.8) is 0 Å². The molecule has 24 heavy (non-hydrogen) atoms. The molecule has 1 saturated carbocycles. The zero-order valence-electron chi connectivity index (χ0n) is 14.5. The van der Waals surface area contributed by atoms with E-state index in [1.807, 2.05) is 6.92 Å². The lowest BCUT2D eigenvalue weighted by molar-refractivity contribution is -0.149. The number of rotatable bonds is 7. The van der Waals surface area contributed by atoms with Crippen molar-refractivity contribution in [2.75, 3.05) is 26.2 Å². The number of carbonyl (C=O) groups is 3. The highest BCUT2D eigenvalue weighted by atomic mass is 16.5. The number of piperazine rings is 1. The highest BCUT2D eigenvalue weighted by Gasteiger charge is 2.33. The van der Waals surface area contributed by atoms with Crippen molar-refractivity contribution in [1.82, 2.24) is 15.5 Å². The van der Waals surface area contributed by atoms with Crippen LogP contribution in [0, 0.1) is 0 Å². The van der Waals surface area contributed by atoms with Crippen molar-refractivity contribution in [2.24, 2.45) is 0 Å². The maximum absolute atomic E-state index is 12.3. The van der Waals surface area contributed by atoms with Gasteiger partial charge in [-0.1, -0.05) is 26.2 Å². The Bertz CT molecular complexity index is 449. The summed E-state index contributed by atoms with van der Waals surface area (Å²) in [6.45, 7) is 3.49. The minimum absolute atomic E-state index is 0.0114. The molecule has 2 fully saturated rings. The Balaban J connectivity index is 1.86. The molecule has 1 atom stereocenters. The van der Waals surface area contributed by atoms with Crippen molar-refractivity contribution in [3.8, 4) is 0 Å². The van der Waals surface area contributed by atoms with E-state index in [1.165, 1.54) is 6.42 Å². The molecule has 0 aromatic carbocycles. The molecule has 0 radical (unpaired) electrons. The molecule has 2 rings (SSSR count). The van der Waals surface area contributed by atoms with Gasteiger partial charge in [0.05, 0.1) is 19.6 Å². The number of amides is 2. The van der Waals surface area contributed by atoms with Crippen LogP contribution in [0.5, 0.6) is 0 Å². The lowest BCUT2D eigenvalue weighted by atomic mass is 9.95. The van der Waals surface area contributed by atoms with Gasteiger partial charge in [0.1, 0.15) is 6.04 Å². The number of carbonyl (C=O) groups excluding carboxylic acids is 3. The van der Waals surface area contributed by atoms with Gasteiger partial charge in [0.2, 0.25) is 11.8 Å². The smallest absolute Gasteiger partial charge is 0.307 e. The Hall–Kier alpha value is -1.63. The molecule has 0 aromatic heterocycles. The van der Waals surface area contributed by atoms with Gasteiger partial charge in [-0.05, 0) is 19.3 Å². The first kappa shape index (κ1) is 18.7. The third-order valence-corrected chi connectivity index (χ3v) is 4.59. The van der Waals surface area contributed by atoms with E-state index >= 15 is 0 Å². The van der Waals surface area contributed by atoms with E-state index in [2.05, 4.69) is 10.6 Å². The minimum Gasteiger partial charge on any atom is -0.466 e. The van der Waals surface area contributed by atoms with Crippen LogP contribution in [0.15, 0.2) is 0 Å². The van der Waals surface area contributed by atoms with Gasteiger partial charge in [0, 0.05) is 19.1 Å². The summed E-state index contributed by atoms with van der Waals surface area (Å²) in [5, 5.41) is 5.82. The molecule has 1 unspecified atom stereocenters. The van der Waals surface area contributed by atoms with Crippen molar-refractivity contribution < 1.29 is 19.1 Å². The van der Waals surface area contributed by atoms with Gasteiger partial charge in [-0.2, -0.15) is 0 Å². The zero-order valence-corrected chi connectivity index (χ0v) is 14.5. The Morgan fingerprint density at radius 1 is 1.29 bits per heavy atom. The molecular formula is C17H29N3O4. The minimum atomic E-state index is -0.625. The Morgan fingerprint density at radius 2 is 2.04 bits per heavy atom. The molecule has 1 aliphatic carbocycles. The molecule has 2 aliphatic rings. The molecule has 2 N–H and O–H groups in total. The van der Waals surface area contributed by atoms with Crippen LogP contribution >= 0.6 is 0 Å². The summed E-state index contributed by atoms with van der Waals surface area (Å²) in [6.07, 6.45) is 6.34. The fourth-order valence-electron chi connectivity index (χ4n) is 3.31. The van der Waals surface area contributed by atoms with Crippen LogP contribution in [0.2, 0.25) is 0 Å². The number of ether oxygens (including phenoxy) is 1. The van der Waals surface area contributed by atoms with Crippen LogP contribution in [-0.2, 0) is 19.1 Å². The Kier molecular flexibility index (Phi) is 7.49. The Labute approximate surface area is 143 Å². The van der Waals surface area contributed by atoms with Crippen molar-refractivity contribution in [3.05, 3.63) is 0 Å². The second kappa shape index (κ2) is 9.61. The molecule has 1 heterocycles. The average Bonchev–Trinajstić information content (AvgIpc) is 2.57. The summed E-state index contributed by atoms with van der Waals surface area (Å²) in [4.78, 5) is 38.0. The molecule has 1 aliphatic heterocycles. The first-order valence-electron chi connectivity index (χ1n) is 9.07. The van der Waals surface area contributed by atoms with Crippen LogP contribution in [0.4, 0.5) is 0 Å². The van der Waals surface area contributed by atoms with Gasteiger partial charge in [0.25, 0.3) is 0 Å². The van der Waals surface area contributed by atoms with Crippen molar-refractivity contribution in [1.29, 1.82) is 0 Å². The summed E-state index contributed by atoms with van der Waals surface area (Å²) in [5.41, 5.74) is 0. The van der Waals surface area contributed by atoms with Crippen molar-refractivity contribution in [2.45, 2.75) is 64.0 Å². The normalized spacial score (nSPS) is 22.7. The van der Waals surface area contributed by atoms with E-state index < -0.39 is 12.0 Å². The van der Waals surface area contributed by atoms with E-state index in [0.29, 0.717) is 19.7 Å². The average molecular weight is 339 g/mol. The van der Waals surface area contributed by atoms with Crippen LogP contribution in [-0.4, -0.2) is 61.0 Å². The summed E-state index contributed by atoms with van der Waals surface area (Å²) >= 11 is 0. The monoisotopic (exact) mass is 339 g/mol. The van der Waals surface area contributed by atoms with Crippen molar-refractivity contribution >= 4 is 17.8 Å². The summed E-state index contributed by atoms with van der Waals surface area (Å²) < 4.78 is 5.07. The molecule has 0 bridgehead atoms. The highest BCUT2D eigenvalue weighted by Crippen LogP contribution is 2.17. The second-order valence-electron chi connectivity index (χ2n) is 6.60. The van der Waals surface area contributed by atoms with Gasteiger partial charge in [-0.25, -0.2) is 0 Å². The number of hydrogen-bond acceptors (Lipinski definition) is 5. The second-order valence-corrected chi connectivity index (χ2v) is 6.60. The first-order chi connectivity index (χ1) is 11.6. The number of esters is 1. The van der Waals surface area contributed by atoms with Crippen LogP contribution in [0.3, 0.4) is 0 Å². The van der Waals surface area contributed by atoms with E-state index in [0.717, 1.165) is 32.1 Å². The quantitative estimate of drug-likeness (QED) is 0.663. The van der Waals surface area contributed by atoms with Gasteiger partial charge in [0.15, 0.2) is 0 Å². The number of nitrogens with one attached hydrogen (secondary N) is 2. The largest absolute Gasteiger partial charge is 0.466 e.